The van der Waals surface area contributed by atoms with E-state index in [-0.39, 0.29) is 18.5 Å². The summed E-state index contributed by atoms with van der Waals surface area (Å²) in [4.78, 5) is 0. The van der Waals surface area contributed by atoms with Crippen molar-refractivity contribution in [3.8, 4) is 27.9 Å². The lowest BCUT2D eigenvalue weighted by Gasteiger charge is -2.50. The fraction of sp³-hybridized carbons (Fsp3) is 0.0588. The summed E-state index contributed by atoms with van der Waals surface area (Å²) in [7, 11) is 0. The van der Waals surface area contributed by atoms with Gasteiger partial charge < -0.3 is 24.9 Å². The number of aromatic nitrogens is 1. The van der Waals surface area contributed by atoms with Gasteiger partial charge in [-0.15, -0.1) is 0 Å². The lowest BCUT2D eigenvalue weighted by molar-refractivity contribution is 0.316. The first-order valence-corrected chi connectivity index (χ1v) is 19.2. The molecule has 56 heavy (non-hydrogen) atoms. The Morgan fingerprint density at radius 2 is 1.07 bits per heavy atom. The molecular formula is C51H37N4O-. The van der Waals surface area contributed by atoms with E-state index >= 15 is 0 Å². The molecule has 2 aromatic heterocycles. The Hall–Kier alpha value is -6.76. The highest BCUT2D eigenvalue weighted by Gasteiger charge is 2.23. The summed E-state index contributed by atoms with van der Waals surface area (Å²) in [5.74, 6) is 0. The SMILES string of the molecule is c1ccc(-c2cccc(C3[N-]C(c4ccccc4)NC(c4ccc(-n5c6ccccc6c6cc(-c7cccc8c7oc7ccccc78)ccc65)cc4)N3)c2)cc1. The monoisotopic (exact) mass is 721 g/mol. The molecule has 1 fully saturated rings. The van der Waals surface area contributed by atoms with E-state index in [9.17, 15) is 0 Å². The molecule has 2 N–H and O–H groups in total. The molecule has 1 saturated heterocycles. The predicted octanol–water partition coefficient (Wildman–Crippen LogP) is 13.0. The van der Waals surface area contributed by atoms with Crippen molar-refractivity contribution < 1.29 is 4.42 Å². The third kappa shape index (κ3) is 5.61. The van der Waals surface area contributed by atoms with Crippen molar-refractivity contribution in [2.45, 2.75) is 18.5 Å². The second kappa shape index (κ2) is 13.5. The standard InChI is InChI=1S/C51H37N4O/c1-3-13-33(14-4-1)36-17-11-18-38(31-36)51-53-49(34-15-5-2-6-16-34)52-50(54-51)35-25-28-39(29-26-35)55-45-23-9-7-19-41(45)44-32-37(27-30-46(44)55)40-21-12-22-43-42-20-8-10-24-47(42)56-48(40)43/h1-32,49-52,54H/q-1. The number of benzene rings is 8. The van der Waals surface area contributed by atoms with Gasteiger partial charge >= 0.3 is 0 Å². The Bertz CT molecular complexity index is 3020. The van der Waals surface area contributed by atoms with E-state index in [1.165, 1.54) is 27.4 Å². The first kappa shape index (κ1) is 32.7. The largest absolute Gasteiger partial charge is 0.624 e. The lowest BCUT2D eigenvalue weighted by Crippen LogP contribution is -2.44. The zero-order valence-corrected chi connectivity index (χ0v) is 30.5. The van der Waals surface area contributed by atoms with Gasteiger partial charge in [-0.2, -0.15) is 0 Å². The molecule has 5 nitrogen and oxygen atoms in total. The highest BCUT2D eigenvalue weighted by molar-refractivity contribution is 6.13. The number of nitrogens with one attached hydrogen (secondary N) is 2. The summed E-state index contributed by atoms with van der Waals surface area (Å²) >= 11 is 0. The van der Waals surface area contributed by atoms with E-state index < -0.39 is 0 Å². The fourth-order valence-corrected chi connectivity index (χ4v) is 8.52. The molecule has 3 unspecified atom stereocenters. The van der Waals surface area contributed by atoms with Crippen LogP contribution in [0.2, 0.25) is 0 Å². The molecule has 3 atom stereocenters. The minimum atomic E-state index is -0.202. The second-order valence-corrected chi connectivity index (χ2v) is 14.6. The van der Waals surface area contributed by atoms with Crippen molar-refractivity contribution in [3.05, 3.63) is 216 Å². The van der Waals surface area contributed by atoms with Gasteiger partial charge in [-0.05, 0) is 58.7 Å². The summed E-state index contributed by atoms with van der Waals surface area (Å²) in [6.07, 6.45) is -0.505. The van der Waals surface area contributed by atoms with Gasteiger partial charge in [0, 0.05) is 32.8 Å². The predicted molar refractivity (Wildman–Crippen MR) is 230 cm³/mol. The van der Waals surface area contributed by atoms with E-state index in [4.69, 9.17) is 9.73 Å². The molecular weight excluding hydrogens is 685 g/mol. The molecule has 0 aliphatic carbocycles. The molecule has 0 radical (unpaired) electrons. The molecule has 10 aromatic rings. The maximum atomic E-state index is 6.44. The minimum Gasteiger partial charge on any atom is -0.624 e. The van der Waals surface area contributed by atoms with Crippen LogP contribution in [0.4, 0.5) is 0 Å². The smallest absolute Gasteiger partial charge is 0.143 e. The van der Waals surface area contributed by atoms with Gasteiger partial charge in [-0.25, -0.2) is 0 Å². The van der Waals surface area contributed by atoms with Gasteiger partial charge in [-0.1, -0.05) is 181 Å². The highest BCUT2D eigenvalue weighted by Crippen LogP contribution is 2.41. The molecule has 0 saturated carbocycles. The molecule has 268 valence electrons. The fourth-order valence-electron chi connectivity index (χ4n) is 8.52. The van der Waals surface area contributed by atoms with Crippen LogP contribution in [-0.2, 0) is 0 Å². The van der Waals surface area contributed by atoms with Crippen molar-refractivity contribution in [3.63, 3.8) is 0 Å². The van der Waals surface area contributed by atoms with Crippen molar-refractivity contribution in [2.75, 3.05) is 0 Å². The van der Waals surface area contributed by atoms with Crippen LogP contribution in [-0.4, -0.2) is 4.57 Å². The quantitative estimate of drug-likeness (QED) is 0.180. The van der Waals surface area contributed by atoms with Crippen LogP contribution in [0.3, 0.4) is 0 Å². The van der Waals surface area contributed by atoms with Gasteiger partial charge in [0.1, 0.15) is 11.2 Å². The number of fused-ring (bicyclic) bond motifs is 6. The maximum absolute atomic E-state index is 6.44. The molecule has 0 amide bonds. The molecule has 5 heteroatoms. The topological polar surface area (TPSA) is 56.2 Å². The van der Waals surface area contributed by atoms with Crippen LogP contribution < -0.4 is 10.6 Å². The maximum Gasteiger partial charge on any atom is 0.143 e. The van der Waals surface area contributed by atoms with E-state index in [1.54, 1.807) is 0 Å². The Balaban J connectivity index is 0.957. The average Bonchev–Trinajstić information content (AvgIpc) is 3.83. The molecule has 1 aliphatic rings. The van der Waals surface area contributed by atoms with E-state index in [1.807, 2.05) is 12.1 Å². The number of para-hydroxylation sites is 3. The Morgan fingerprint density at radius 1 is 0.429 bits per heavy atom. The number of furan rings is 1. The molecule has 11 rings (SSSR count). The average molecular weight is 722 g/mol. The van der Waals surface area contributed by atoms with Gasteiger partial charge in [0.25, 0.3) is 0 Å². The van der Waals surface area contributed by atoms with E-state index in [2.05, 4.69) is 197 Å². The summed E-state index contributed by atoms with van der Waals surface area (Å²) < 4.78 is 8.82. The second-order valence-electron chi connectivity index (χ2n) is 14.6. The van der Waals surface area contributed by atoms with Crippen LogP contribution >= 0.6 is 0 Å². The molecule has 0 bridgehead atoms. The normalized spacial score (nSPS) is 17.2. The number of hydrogen-bond acceptors (Lipinski definition) is 3. The summed E-state index contributed by atoms with van der Waals surface area (Å²) in [5, 5.41) is 17.6. The number of nitrogens with zero attached hydrogens (tertiary/aromatic N) is 2. The van der Waals surface area contributed by atoms with Crippen LogP contribution in [0.25, 0.3) is 77.0 Å². The van der Waals surface area contributed by atoms with Gasteiger partial charge in [0.05, 0.1) is 17.2 Å². The van der Waals surface area contributed by atoms with E-state index in [0.29, 0.717) is 0 Å². The third-order valence-electron chi connectivity index (χ3n) is 11.2. The van der Waals surface area contributed by atoms with Crippen LogP contribution in [0.15, 0.2) is 199 Å². The first-order chi connectivity index (χ1) is 27.7. The van der Waals surface area contributed by atoms with E-state index in [0.717, 1.165) is 61.0 Å². The molecule has 8 aromatic carbocycles. The van der Waals surface area contributed by atoms with Gasteiger partial charge in [0.2, 0.25) is 0 Å². The zero-order valence-electron chi connectivity index (χ0n) is 30.5. The van der Waals surface area contributed by atoms with Crippen molar-refractivity contribution in [2.24, 2.45) is 0 Å². The first-order valence-electron chi connectivity index (χ1n) is 19.2. The Morgan fingerprint density at radius 3 is 1.91 bits per heavy atom. The lowest BCUT2D eigenvalue weighted by atomic mass is 10.00. The van der Waals surface area contributed by atoms with Crippen molar-refractivity contribution in [1.29, 1.82) is 0 Å². The van der Waals surface area contributed by atoms with Crippen LogP contribution in [0.5, 0.6) is 0 Å². The Kier molecular flexibility index (Phi) is 7.88. The van der Waals surface area contributed by atoms with Gasteiger partial charge in [0.15, 0.2) is 0 Å². The van der Waals surface area contributed by atoms with Crippen molar-refractivity contribution in [1.82, 2.24) is 15.2 Å². The minimum absolute atomic E-state index is 0.126. The summed E-state index contributed by atoms with van der Waals surface area (Å²) in [6, 6.07) is 68.9. The third-order valence-corrected chi connectivity index (χ3v) is 11.2. The summed E-state index contributed by atoms with van der Waals surface area (Å²) in [5.41, 5.74) is 13.3. The summed E-state index contributed by atoms with van der Waals surface area (Å²) in [6.45, 7) is 0. The van der Waals surface area contributed by atoms with Crippen molar-refractivity contribution >= 4 is 43.7 Å². The molecule has 1 aliphatic heterocycles. The van der Waals surface area contributed by atoms with Crippen LogP contribution in [0, 0.1) is 0 Å². The molecule has 0 spiro atoms. The van der Waals surface area contributed by atoms with Gasteiger partial charge in [-0.3, -0.25) is 0 Å². The number of rotatable bonds is 6. The van der Waals surface area contributed by atoms with Crippen LogP contribution in [0.1, 0.15) is 35.2 Å². The zero-order chi connectivity index (χ0) is 37.0. The number of hydrogen-bond donors (Lipinski definition) is 2. The molecule has 3 heterocycles. The highest BCUT2D eigenvalue weighted by atomic mass is 16.3. The Labute approximate surface area is 324 Å².